The summed E-state index contributed by atoms with van der Waals surface area (Å²) in [5, 5.41) is 11.4. The molecule has 4 heteroatoms. The summed E-state index contributed by atoms with van der Waals surface area (Å²) in [4.78, 5) is 2.31. The maximum absolute atomic E-state index is 8.13. The summed E-state index contributed by atoms with van der Waals surface area (Å²) in [5.41, 5.74) is 1.99. The molecule has 0 saturated carbocycles. The van der Waals surface area contributed by atoms with Gasteiger partial charge < -0.3 is 15.0 Å². The average molecular weight is 261 g/mol. The van der Waals surface area contributed by atoms with Gasteiger partial charge >= 0.3 is 0 Å². The van der Waals surface area contributed by atoms with Gasteiger partial charge in [-0.15, -0.1) is 0 Å². The number of hydrogen-bond acceptors (Lipinski definition) is 3. The molecule has 0 unspecified atom stereocenters. The average Bonchev–Trinajstić information content (AvgIpc) is 2.39. The van der Waals surface area contributed by atoms with Crippen LogP contribution in [0.3, 0.4) is 0 Å². The zero-order valence-corrected chi connectivity index (χ0v) is 12.0. The first-order valence-corrected chi connectivity index (χ1v) is 6.76. The quantitative estimate of drug-likeness (QED) is 0.635. The first-order chi connectivity index (χ1) is 8.98. The van der Waals surface area contributed by atoms with Crippen molar-refractivity contribution in [2.75, 3.05) is 36.5 Å². The molecular weight excluding hydrogens is 238 g/mol. The molecule has 1 aromatic rings. The van der Waals surface area contributed by atoms with Crippen molar-refractivity contribution in [1.82, 2.24) is 0 Å². The van der Waals surface area contributed by atoms with Crippen LogP contribution < -0.4 is 10.2 Å². The van der Waals surface area contributed by atoms with Gasteiger partial charge in [-0.25, -0.2) is 0 Å². The topological polar surface area (TPSA) is 48.4 Å². The molecule has 0 atom stereocenters. The SMILES string of the molecule is CC(C)(C)C(=N)Nc1ccccc1N1CCOCC1. The Morgan fingerprint density at radius 1 is 1.21 bits per heavy atom. The van der Waals surface area contributed by atoms with E-state index in [1.165, 1.54) is 0 Å². The molecule has 2 N–H and O–H groups in total. The third kappa shape index (κ3) is 3.47. The van der Waals surface area contributed by atoms with Crippen LogP contribution in [0.5, 0.6) is 0 Å². The molecule has 0 aliphatic carbocycles. The second kappa shape index (κ2) is 5.61. The van der Waals surface area contributed by atoms with Crippen molar-refractivity contribution >= 4 is 17.2 Å². The van der Waals surface area contributed by atoms with Crippen LogP contribution in [0.15, 0.2) is 24.3 Å². The zero-order valence-electron chi connectivity index (χ0n) is 12.0. The van der Waals surface area contributed by atoms with Gasteiger partial charge in [-0.1, -0.05) is 32.9 Å². The number of nitrogens with one attached hydrogen (secondary N) is 2. The number of anilines is 2. The fourth-order valence-electron chi connectivity index (χ4n) is 1.98. The third-order valence-corrected chi connectivity index (χ3v) is 3.27. The lowest BCUT2D eigenvalue weighted by molar-refractivity contribution is 0.123. The first kappa shape index (κ1) is 13.9. The van der Waals surface area contributed by atoms with Crippen LogP contribution in [0.4, 0.5) is 11.4 Å². The lowest BCUT2D eigenvalue weighted by Crippen LogP contribution is -2.37. The van der Waals surface area contributed by atoms with Gasteiger partial charge in [-0.05, 0) is 12.1 Å². The summed E-state index contributed by atoms with van der Waals surface area (Å²) < 4.78 is 5.39. The Labute approximate surface area is 115 Å². The smallest absolute Gasteiger partial charge is 0.103 e. The molecule has 0 aromatic heterocycles. The van der Waals surface area contributed by atoms with E-state index in [4.69, 9.17) is 10.1 Å². The number of hydrogen-bond donors (Lipinski definition) is 2. The predicted molar refractivity (Wildman–Crippen MR) is 80.3 cm³/mol. The predicted octanol–water partition coefficient (Wildman–Crippen LogP) is 2.96. The van der Waals surface area contributed by atoms with Gasteiger partial charge in [0.25, 0.3) is 0 Å². The monoisotopic (exact) mass is 261 g/mol. The fourth-order valence-corrected chi connectivity index (χ4v) is 1.98. The van der Waals surface area contributed by atoms with Crippen LogP contribution in [0, 0.1) is 10.8 Å². The maximum Gasteiger partial charge on any atom is 0.103 e. The van der Waals surface area contributed by atoms with E-state index in [-0.39, 0.29) is 5.41 Å². The lowest BCUT2D eigenvalue weighted by Gasteiger charge is -2.31. The van der Waals surface area contributed by atoms with E-state index >= 15 is 0 Å². The molecule has 1 aliphatic rings. The maximum atomic E-state index is 8.13. The molecule has 4 nitrogen and oxygen atoms in total. The minimum absolute atomic E-state index is 0.169. The van der Waals surface area contributed by atoms with Crippen molar-refractivity contribution in [3.63, 3.8) is 0 Å². The Hall–Kier alpha value is -1.55. The van der Waals surface area contributed by atoms with Gasteiger partial charge in [0.1, 0.15) is 5.84 Å². The van der Waals surface area contributed by atoms with Gasteiger partial charge in [0, 0.05) is 18.5 Å². The van der Waals surface area contributed by atoms with Crippen LogP contribution in [-0.2, 0) is 4.74 Å². The highest BCUT2D eigenvalue weighted by Crippen LogP contribution is 2.28. The van der Waals surface area contributed by atoms with Gasteiger partial charge in [0.15, 0.2) is 0 Å². The zero-order chi connectivity index (χ0) is 13.9. The minimum atomic E-state index is -0.169. The highest BCUT2D eigenvalue weighted by molar-refractivity contribution is 5.99. The highest BCUT2D eigenvalue weighted by Gasteiger charge is 2.20. The normalized spacial score (nSPS) is 16.3. The third-order valence-electron chi connectivity index (χ3n) is 3.27. The molecule has 104 valence electrons. The Balaban J connectivity index is 2.18. The molecule has 1 saturated heterocycles. The Bertz CT molecular complexity index is 445. The largest absolute Gasteiger partial charge is 0.378 e. The van der Waals surface area contributed by atoms with Crippen molar-refractivity contribution in [3.8, 4) is 0 Å². The van der Waals surface area contributed by atoms with E-state index in [1.54, 1.807) is 0 Å². The molecule has 19 heavy (non-hydrogen) atoms. The van der Waals surface area contributed by atoms with Gasteiger partial charge in [-0.2, -0.15) is 0 Å². The molecule has 2 rings (SSSR count). The molecule has 1 fully saturated rings. The Kier molecular flexibility index (Phi) is 4.10. The second-order valence-electron chi connectivity index (χ2n) is 5.87. The van der Waals surface area contributed by atoms with Crippen LogP contribution in [0.25, 0.3) is 0 Å². The van der Waals surface area contributed by atoms with Crippen LogP contribution in [0.1, 0.15) is 20.8 Å². The molecule has 1 aliphatic heterocycles. The van der Waals surface area contributed by atoms with Gasteiger partial charge in [0.2, 0.25) is 0 Å². The summed E-state index contributed by atoms with van der Waals surface area (Å²) in [5.74, 6) is 0.535. The van der Waals surface area contributed by atoms with Crippen LogP contribution >= 0.6 is 0 Å². The first-order valence-electron chi connectivity index (χ1n) is 6.76. The van der Waals surface area contributed by atoms with E-state index in [9.17, 15) is 0 Å². The van der Waals surface area contributed by atoms with Crippen molar-refractivity contribution in [3.05, 3.63) is 24.3 Å². The number of benzene rings is 1. The summed E-state index contributed by atoms with van der Waals surface area (Å²) in [6.45, 7) is 9.47. The molecule has 1 aromatic carbocycles. The number of amidine groups is 1. The molecule has 1 heterocycles. The summed E-state index contributed by atoms with van der Waals surface area (Å²) in [6.07, 6.45) is 0. The van der Waals surface area contributed by atoms with E-state index < -0.39 is 0 Å². The minimum Gasteiger partial charge on any atom is -0.378 e. The van der Waals surface area contributed by atoms with Crippen molar-refractivity contribution in [2.45, 2.75) is 20.8 Å². The number of para-hydroxylation sites is 2. The van der Waals surface area contributed by atoms with Crippen molar-refractivity contribution in [2.24, 2.45) is 5.41 Å². The molecular formula is C15H23N3O. The van der Waals surface area contributed by atoms with E-state index in [0.29, 0.717) is 5.84 Å². The van der Waals surface area contributed by atoms with E-state index in [1.807, 2.05) is 39.0 Å². The van der Waals surface area contributed by atoms with E-state index in [2.05, 4.69) is 16.3 Å². The van der Waals surface area contributed by atoms with Crippen LogP contribution in [-0.4, -0.2) is 32.1 Å². The summed E-state index contributed by atoms with van der Waals surface area (Å²) in [6, 6.07) is 8.17. The summed E-state index contributed by atoms with van der Waals surface area (Å²) in [7, 11) is 0. The molecule has 0 radical (unpaired) electrons. The van der Waals surface area contributed by atoms with E-state index in [0.717, 1.165) is 37.7 Å². The molecule has 0 amide bonds. The Morgan fingerprint density at radius 2 is 1.84 bits per heavy atom. The highest BCUT2D eigenvalue weighted by atomic mass is 16.5. The second-order valence-corrected chi connectivity index (χ2v) is 5.87. The fraction of sp³-hybridized carbons (Fsp3) is 0.533. The molecule has 0 spiro atoms. The van der Waals surface area contributed by atoms with Gasteiger partial charge in [-0.3, -0.25) is 5.41 Å². The number of rotatable bonds is 2. The standard InChI is InChI=1S/C15H23N3O/c1-15(2,3)14(16)17-12-6-4-5-7-13(12)18-8-10-19-11-9-18/h4-7H,8-11H2,1-3H3,(H2,16,17). The van der Waals surface area contributed by atoms with Crippen molar-refractivity contribution in [1.29, 1.82) is 5.41 Å². The molecule has 0 bridgehead atoms. The number of ether oxygens (including phenoxy) is 1. The Morgan fingerprint density at radius 3 is 2.47 bits per heavy atom. The van der Waals surface area contributed by atoms with Crippen LogP contribution in [0.2, 0.25) is 0 Å². The lowest BCUT2D eigenvalue weighted by atomic mass is 9.95. The summed E-state index contributed by atoms with van der Waals surface area (Å²) >= 11 is 0. The number of nitrogens with zero attached hydrogens (tertiary/aromatic N) is 1. The number of morpholine rings is 1. The van der Waals surface area contributed by atoms with Crippen molar-refractivity contribution < 1.29 is 4.74 Å². The van der Waals surface area contributed by atoms with Gasteiger partial charge in [0.05, 0.1) is 24.6 Å².